The van der Waals surface area contributed by atoms with Crippen molar-refractivity contribution in [2.75, 3.05) is 39.3 Å². The van der Waals surface area contributed by atoms with Crippen LogP contribution in [0.3, 0.4) is 0 Å². The molecule has 1 aromatic heterocycles. The fraction of sp³-hybridized carbons (Fsp3) is 0.522. The normalized spacial score (nSPS) is 19.0. The minimum absolute atomic E-state index is 0.0573. The first-order chi connectivity index (χ1) is 14.5. The second-order valence-electron chi connectivity index (χ2n) is 8.19. The van der Waals surface area contributed by atoms with E-state index in [4.69, 9.17) is 0 Å². The van der Waals surface area contributed by atoms with Gasteiger partial charge < -0.3 is 9.80 Å². The zero-order valence-corrected chi connectivity index (χ0v) is 18.7. The predicted octanol–water partition coefficient (Wildman–Crippen LogP) is 3.28. The highest BCUT2D eigenvalue weighted by molar-refractivity contribution is 7.17. The van der Waals surface area contributed by atoms with Gasteiger partial charge in [-0.3, -0.25) is 14.5 Å². The number of aromatic nitrogens is 1. The lowest BCUT2D eigenvalue weighted by Crippen LogP contribution is -2.56. The molecule has 2 aliphatic heterocycles. The molecule has 0 bridgehead atoms. The maximum absolute atomic E-state index is 13.1. The van der Waals surface area contributed by atoms with Gasteiger partial charge in [-0.05, 0) is 33.1 Å². The van der Waals surface area contributed by atoms with Crippen LogP contribution in [0.1, 0.15) is 41.6 Å². The molecule has 2 amide bonds. The molecule has 2 fully saturated rings. The van der Waals surface area contributed by atoms with Crippen molar-refractivity contribution in [1.82, 2.24) is 19.7 Å². The van der Waals surface area contributed by atoms with Gasteiger partial charge in [0.25, 0.3) is 5.91 Å². The van der Waals surface area contributed by atoms with Crippen molar-refractivity contribution in [1.29, 1.82) is 0 Å². The van der Waals surface area contributed by atoms with E-state index in [-0.39, 0.29) is 17.9 Å². The van der Waals surface area contributed by atoms with Gasteiger partial charge in [-0.25, -0.2) is 4.98 Å². The molecule has 6 nitrogen and oxygen atoms in total. The number of amides is 2. The molecule has 1 unspecified atom stereocenters. The Balaban J connectivity index is 1.36. The summed E-state index contributed by atoms with van der Waals surface area (Å²) in [6, 6.07) is 9.87. The third-order valence-electron chi connectivity index (χ3n) is 6.19. The number of thiazole rings is 1. The van der Waals surface area contributed by atoms with E-state index in [1.54, 1.807) is 0 Å². The number of hydrogen-bond acceptors (Lipinski definition) is 5. The molecule has 160 valence electrons. The molecule has 0 aliphatic carbocycles. The first kappa shape index (κ1) is 21.0. The van der Waals surface area contributed by atoms with Crippen LogP contribution < -0.4 is 0 Å². The summed E-state index contributed by atoms with van der Waals surface area (Å²) < 4.78 is 0. The summed E-state index contributed by atoms with van der Waals surface area (Å²) in [6.07, 6.45) is 3.45. The summed E-state index contributed by atoms with van der Waals surface area (Å²) in [7, 11) is 0. The molecule has 4 rings (SSSR count). The van der Waals surface area contributed by atoms with Crippen LogP contribution in [0.4, 0.5) is 0 Å². The van der Waals surface area contributed by atoms with Gasteiger partial charge in [-0.2, -0.15) is 0 Å². The van der Waals surface area contributed by atoms with Gasteiger partial charge in [-0.1, -0.05) is 30.3 Å². The Morgan fingerprint density at radius 3 is 2.27 bits per heavy atom. The van der Waals surface area contributed by atoms with Crippen LogP contribution in [0.15, 0.2) is 30.3 Å². The molecule has 0 saturated carbocycles. The Hall–Kier alpha value is -2.25. The molecule has 1 atom stereocenters. The van der Waals surface area contributed by atoms with E-state index in [0.717, 1.165) is 60.2 Å². The Kier molecular flexibility index (Phi) is 6.49. The van der Waals surface area contributed by atoms with Crippen molar-refractivity contribution in [2.24, 2.45) is 0 Å². The van der Waals surface area contributed by atoms with Gasteiger partial charge in [0.15, 0.2) is 0 Å². The Morgan fingerprint density at radius 1 is 0.933 bits per heavy atom. The topological polar surface area (TPSA) is 56.8 Å². The van der Waals surface area contributed by atoms with Crippen molar-refractivity contribution in [2.45, 2.75) is 39.2 Å². The molecular formula is C23H30N4O2S. The number of aryl methyl sites for hydroxylation is 1. The van der Waals surface area contributed by atoms with Crippen LogP contribution in [-0.2, 0) is 4.79 Å². The van der Waals surface area contributed by atoms with Crippen LogP contribution in [0.5, 0.6) is 0 Å². The first-order valence-corrected chi connectivity index (χ1v) is 11.7. The van der Waals surface area contributed by atoms with E-state index < -0.39 is 0 Å². The average Bonchev–Trinajstić information content (AvgIpc) is 3.20. The molecule has 2 aliphatic rings. The summed E-state index contributed by atoms with van der Waals surface area (Å²) in [5, 5.41) is 0.885. The van der Waals surface area contributed by atoms with Crippen LogP contribution in [-0.4, -0.2) is 76.8 Å². The number of benzene rings is 1. The van der Waals surface area contributed by atoms with Crippen molar-refractivity contribution in [3.8, 4) is 10.6 Å². The van der Waals surface area contributed by atoms with Crippen molar-refractivity contribution >= 4 is 23.2 Å². The quantitative estimate of drug-likeness (QED) is 0.753. The van der Waals surface area contributed by atoms with Gasteiger partial charge in [0.05, 0.1) is 11.7 Å². The van der Waals surface area contributed by atoms with Crippen LogP contribution >= 0.6 is 11.3 Å². The lowest BCUT2D eigenvalue weighted by atomic mass is 10.1. The van der Waals surface area contributed by atoms with Crippen LogP contribution in [0.2, 0.25) is 0 Å². The van der Waals surface area contributed by atoms with Crippen molar-refractivity contribution < 1.29 is 9.59 Å². The van der Waals surface area contributed by atoms with E-state index in [1.165, 1.54) is 17.8 Å². The Morgan fingerprint density at radius 2 is 1.60 bits per heavy atom. The summed E-state index contributed by atoms with van der Waals surface area (Å²) in [5.74, 6) is 0.294. The fourth-order valence-corrected chi connectivity index (χ4v) is 5.33. The zero-order valence-electron chi connectivity index (χ0n) is 17.8. The molecule has 2 saturated heterocycles. The Labute approximate surface area is 182 Å². The molecule has 3 heterocycles. The van der Waals surface area contributed by atoms with E-state index in [2.05, 4.69) is 9.88 Å². The number of piperidine rings is 1. The number of rotatable bonds is 4. The third kappa shape index (κ3) is 4.42. The second-order valence-corrected chi connectivity index (χ2v) is 9.19. The second kappa shape index (κ2) is 9.27. The molecule has 0 spiro atoms. The van der Waals surface area contributed by atoms with Gasteiger partial charge in [0, 0.05) is 44.8 Å². The van der Waals surface area contributed by atoms with Gasteiger partial charge in [0.1, 0.15) is 9.88 Å². The molecule has 1 aromatic carbocycles. The van der Waals surface area contributed by atoms with E-state index in [0.29, 0.717) is 13.1 Å². The monoisotopic (exact) mass is 426 g/mol. The number of carbonyl (C=O) groups is 2. The molecular weight excluding hydrogens is 396 g/mol. The maximum Gasteiger partial charge on any atom is 0.265 e. The highest BCUT2D eigenvalue weighted by Gasteiger charge is 2.31. The summed E-state index contributed by atoms with van der Waals surface area (Å²) in [5.41, 5.74) is 1.83. The lowest BCUT2D eigenvalue weighted by molar-refractivity contribution is -0.137. The highest BCUT2D eigenvalue weighted by Crippen LogP contribution is 2.29. The van der Waals surface area contributed by atoms with Gasteiger partial charge in [-0.15, -0.1) is 11.3 Å². The van der Waals surface area contributed by atoms with Gasteiger partial charge in [0.2, 0.25) is 5.91 Å². The number of carbonyl (C=O) groups excluding carboxylic acids is 2. The number of nitrogens with zero attached hydrogens (tertiary/aromatic N) is 4. The third-order valence-corrected chi connectivity index (χ3v) is 7.38. The Bertz CT molecular complexity index is 884. The summed E-state index contributed by atoms with van der Waals surface area (Å²) in [6.45, 7) is 8.44. The zero-order chi connectivity index (χ0) is 21.1. The van der Waals surface area contributed by atoms with E-state index in [9.17, 15) is 9.59 Å². The smallest absolute Gasteiger partial charge is 0.265 e. The van der Waals surface area contributed by atoms with Crippen LogP contribution in [0, 0.1) is 6.92 Å². The minimum atomic E-state index is -0.116. The number of piperazine rings is 1. The van der Waals surface area contributed by atoms with Crippen molar-refractivity contribution in [3.05, 3.63) is 40.9 Å². The van der Waals surface area contributed by atoms with E-state index >= 15 is 0 Å². The molecule has 7 heteroatoms. The molecule has 2 aromatic rings. The molecule has 0 N–H and O–H groups in total. The first-order valence-electron chi connectivity index (χ1n) is 10.9. The summed E-state index contributed by atoms with van der Waals surface area (Å²) in [4.78, 5) is 37.4. The van der Waals surface area contributed by atoms with E-state index in [1.807, 2.05) is 54.0 Å². The molecule has 30 heavy (non-hydrogen) atoms. The minimum Gasteiger partial charge on any atom is -0.341 e. The van der Waals surface area contributed by atoms with Crippen LogP contribution in [0.25, 0.3) is 10.6 Å². The standard InChI is InChI=1S/C23H30N4O2S/c1-17-20(30-21(24-17)19-9-5-3-6-10-19)23(29)27-15-13-25(14-16-27)18(2)22(28)26-11-7-4-8-12-26/h3,5-6,9-10,18H,4,7-8,11-16H2,1-2H3. The summed E-state index contributed by atoms with van der Waals surface area (Å²) >= 11 is 1.47. The molecule has 0 radical (unpaired) electrons. The largest absolute Gasteiger partial charge is 0.341 e. The number of likely N-dealkylation sites (tertiary alicyclic amines) is 1. The average molecular weight is 427 g/mol. The maximum atomic E-state index is 13.1. The van der Waals surface area contributed by atoms with Gasteiger partial charge >= 0.3 is 0 Å². The highest BCUT2D eigenvalue weighted by atomic mass is 32.1. The predicted molar refractivity (Wildman–Crippen MR) is 120 cm³/mol. The SMILES string of the molecule is Cc1nc(-c2ccccc2)sc1C(=O)N1CCN(C(C)C(=O)N2CCCCC2)CC1. The van der Waals surface area contributed by atoms with Crippen molar-refractivity contribution in [3.63, 3.8) is 0 Å². The fourth-order valence-electron chi connectivity index (χ4n) is 4.29. The lowest BCUT2D eigenvalue weighted by Gasteiger charge is -2.39. The number of hydrogen-bond donors (Lipinski definition) is 0.